The van der Waals surface area contributed by atoms with Crippen molar-refractivity contribution in [2.75, 3.05) is 0 Å². The fourth-order valence-corrected chi connectivity index (χ4v) is 6.24. The molecule has 0 saturated heterocycles. The van der Waals surface area contributed by atoms with Crippen molar-refractivity contribution >= 4 is 77.2 Å². The number of benzene rings is 8. The first-order valence-electron chi connectivity index (χ1n) is 13.3. The maximum Gasteiger partial charge on any atom is 0.560 e. The first-order valence-corrected chi connectivity index (χ1v) is 13.3. The van der Waals surface area contributed by atoms with Gasteiger partial charge in [-0.15, -0.1) is 0 Å². The van der Waals surface area contributed by atoms with Crippen LogP contribution < -0.4 is 10.1 Å². The molecule has 39 heavy (non-hydrogen) atoms. The third kappa shape index (κ3) is 3.41. The van der Waals surface area contributed by atoms with Crippen LogP contribution in [-0.4, -0.2) is 12.1 Å². The lowest BCUT2D eigenvalue weighted by Gasteiger charge is -2.15. The van der Waals surface area contributed by atoms with Crippen molar-refractivity contribution in [3.8, 4) is 5.75 Å². The summed E-state index contributed by atoms with van der Waals surface area (Å²) >= 11 is 0. The number of rotatable bonds is 3. The zero-order chi connectivity index (χ0) is 25.9. The molecule has 1 N–H and O–H groups in total. The van der Waals surface area contributed by atoms with Crippen molar-refractivity contribution in [1.82, 2.24) is 0 Å². The van der Waals surface area contributed by atoms with Crippen molar-refractivity contribution in [2.24, 2.45) is 0 Å². The van der Waals surface area contributed by atoms with E-state index in [2.05, 4.69) is 121 Å². The summed E-state index contributed by atoms with van der Waals surface area (Å²) in [5.41, 5.74) is 0.728. The van der Waals surface area contributed by atoms with Crippen LogP contribution in [-0.2, 0) is 0 Å². The van der Waals surface area contributed by atoms with E-state index in [9.17, 15) is 5.02 Å². The Morgan fingerprint density at radius 1 is 0.359 bits per heavy atom. The maximum atomic E-state index is 11.3. The summed E-state index contributed by atoms with van der Waals surface area (Å²) in [6.07, 6.45) is 0. The summed E-state index contributed by atoms with van der Waals surface area (Å²) in [6, 6.07) is 46.2. The molecule has 3 heteroatoms. The van der Waals surface area contributed by atoms with Gasteiger partial charge in [0.25, 0.3) is 0 Å². The minimum atomic E-state index is -1.09. The highest BCUT2D eigenvalue weighted by atomic mass is 16.5. The Hall–Kier alpha value is -4.86. The van der Waals surface area contributed by atoms with E-state index in [-0.39, 0.29) is 0 Å². The molecule has 8 aromatic rings. The zero-order valence-electron chi connectivity index (χ0n) is 21.1. The van der Waals surface area contributed by atoms with Crippen LogP contribution in [0.3, 0.4) is 0 Å². The second kappa shape index (κ2) is 8.59. The van der Waals surface area contributed by atoms with E-state index in [4.69, 9.17) is 4.65 Å². The first kappa shape index (κ1) is 22.2. The van der Waals surface area contributed by atoms with Crippen LogP contribution in [0.5, 0.6) is 5.75 Å². The Kier molecular flexibility index (Phi) is 4.88. The molecule has 0 bridgehead atoms. The number of hydrogen-bond acceptors (Lipinski definition) is 2. The molecule has 0 aliphatic rings. The largest absolute Gasteiger partial charge is 0.560 e. The molecule has 0 atom stereocenters. The van der Waals surface area contributed by atoms with Crippen molar-refractivity contribution in [3.05, 3.63) is 133 Å². The van der Waals surface area contributed by atoms with Gasteiger partial charge in [0.15, 0.2) is 0 Å². The smallest absolute Gasteiger partial charge is 0.532 e. The second-order valence-corrected chi connectivity index (χ2v) is 10.2. The SMILES string of the molecule is OB(Oc1ccc2c3ccccc3c3ccccc3c2c1)c1ccc2c3ccccc3c3ccccc3c2c1. The molecule has 0 amide bonds. The third-order valence-corrected chi connectivity index (χ3v) is 8.02. The van der Waals surface area contributed by atoms with E-state index < -0.39 is 7.12 Å². The van der Waals surface area contributed by atoms with Crippen LogP contribution in [0.25, 0.3) is 64.6 Å². The molecule has 0 unspecified atom stereocenters. The monoisotopic (exact) mass is 498 g/mol. The molecule has 0 heterocycles. The van der Waals surface area contributed by atoms with Gasteiger partial charge in [0, 0.05) is 0 Å². The molecule has 0 spiro atoms. The summed E-state index contributed by atoms with van der Waals surface area (Å²) < 4.78 is 6.17. The second-order valence-electron chi connectivity index (χ2n) is 10.2. The van der Waals surface area contributed by atoms with Gasteiger partial charge < -0.3 is 9.68 Å². The minimum Gasteiger partial charge on any atom is -0.532 e. The molecule has 182 valence electrons. The molecule has 0 radical (unpaired) electrons. The normalized spacial score (nSPS) is 11.7. The van der Waals surface area contributed by atoms with E-state index in [0.717, 1.165) is 16.2 Å². The maximum absolute atomic E-state index is 11.3. The van der Waals surface area contributed by atoms with Crippen LogP contribution in [0.1, 0.15) is 0 Å². The molecule has 0 aliphatic carbocycles. The summed E-state index contributed by atoms with van der Waals surface area (Å²) in [5.74, 6) is 0.638. The lowest BCUT2D eigenvalue weighted by molar-refractivity contribution is 0.433. The topological polar surface area (TPSA) is 29.5 Å². The zero-order valence-corrected chi connectivity index (χ0v) is 21.1. The molecule has 2 nitrogen and oxygen atoms in total. The summed E-state index contributed by atoms with van der Waals surface area (Å²) in [7, 11) is -1.09. The Labute approximate surface area is 225 Å². The fourth-order valence-electron chi connectivity index (χ4n) is 6.24. The predicted octanol–water partition coefficient (Wildman–Crippen LogP) is 8.37. The Morgan fingerprint density at radius 2 is 0.692 bits per heavy atom. The third-order valence-electron chi connectivity index (χ3n) is 8.02. The Morgan fingerprint density at radius 3 is 1.13 bits per heavy atom. The fraction of sp³-hybridized carbons (Fsp3) is 0. The number of hydrogen-bond donors (Lipinski definition) is 1. The van der Waals surface area contributed by atoms with Gasteiger partial charge in [0.05, 0.1) is 0 Å². The lowest BCUT2D eigenvalue weighted by atomic mass is 9.77. The van der Waals surface area contributed by atoms with Gasteiger partial charge in [0.2, 0.25) is 0 Å². The summed E-state index contributed by atoms with van der Waals surface area (Å²) in [4.78, 5) is 0. The van der Waals surface area contributed by atoms with Gasteiger partial charge >= 0.3 is 7.12 Å². The Bertz CT molecular complexity index is 2160. The molecule has 0 aromatic heterocycles. The predicted molar refractivity (Wildman–Crippen MR) is 166 cm³/mol. The minimum absolute atomic E-state index is 0.638. The van der Waals surface area contributed by atoms with Crippen LogP contribution in [0.15, 0.2) is 133 Å². The number of fused-ring (bicyclic) bond motifs is 12. The van der Waals surface area contributed by atoms with Gasteiger partial charge in [-0.1, -0.05) is 121 Å². The summed E-state index contributed by atoms with van der Waals surface area (Å²) in [6.45, 7) is 0. The molecular formula is C36H23BO2. The van der Waals surface area contributed by atoms with E-state index in [1.807, 2.05) is 12.1 Å². The van der Waals surface area contributed by atoms with Gasteiger partial charge in [-0.2, -0.15) is 0 Å². The van der Waals surface area contributed by atoms with Crippen molar-refractivity contribution in [2.45, 2.75) is 0 Å². The molecule has 0 aliphatic heterocycles. The van der Waals surface area contributed by atoms with Crippen LogP contribution >= 0.6 is 0 Å². The highest BCUT2D eigenvalue weighted by Gasteiger charge is 2.21. The van der Waals surface area contributed by atoms with Crippen molar-refractivity contribution < 1.29 is 9.68 Å². The highest BCUT2D eigenvalue weighted by molar-refractivity contribution is 6.61. The van der Waals surface area contributed by atoms with Crippen LogP contribution in [0.2, 0.25) is 0 Å². The van der Waals surface area contributed by atoms with Crippen LogP contribution in [0.4, 0.5) is 0 Å². The molecule has 0 saturated carbocycles. The molecule has 8 rings (SSSR count). The van der Waals surface area contributed by atoms with E-state index in [1.54, 1.807) is 0 Å². The average molecular weight is 498 g/mol. The van der Waals surface area contributed by atoms with Crippen molar-refractivity contribution in [1.29, 1.82) is 0 Å². The average Bonchev–Trinajstić information content (AvgIpc) is 3.01. The first-order chi connectivity index (χ1) is 19.3. The van der Waals surface area contributed by atoms with E-state index in [1.165, 1.54) is 53.9 Å². The van der Waals surface area contributed by atoms with Gasteiger partial charge in [-0.25, -0.2) is 0 Å². The van der Waals surface area contributed by atoms with E-state index in [0.29, 0.717) is 5.75 Å². The van der Waals surface area contributed by atoms with Gasteiger partial charge in [-0.05, 0) is 82.2 Å². The quantitative estimate of drug-likeness (QED) is 0.196. The van der Waals surface area contributed by atoms with Gasteiger partial charge in [-0.3, -0.25) is 0 Å². The lowest BCUT2D eigenvalue weighted by Crippen LogP contribution is -2.36. The molecule has 0 fully saturated rings. The molecular weight excluding hydrogens is 475 g/mol. The molecule has 8 aromatic carbocycles. The summed E-state index contributed by atoms with van der Waals surface area (Å²) in [5, 5.41) is 25.5. The highest BCUT2D eigenvalue weighted by Crippen LogP contribution is 2.37. The van der Waals surface area contributed by atoms with Gasteiger partial charge in [0.1, 0.15) is 5.75 Å². The van der Waals surface area contributed by atoms with Crippen LogP contribution in [0, 0.1) is 0 Å². The van der Waals surface area contributed by atoms with Crippen molar-refractivity contribution in [3.63, 3.8) is 0 Å². The van der Waals surface area contributed by atoms with E-state index >= 15 is 0 Å². The standard InChI is InChI=1S/C36H23BO2/c38-37(23-17-19-33-29-13-3-1-9-25(29)27-11-5-7-15-31(27)35(33)21-23)39-24-18-20-34-30-14-4-2-10-26(30)28-12-6-8-16-32(28)36(34)22-24/h1-22,38H. The Balaban J connectivity index is 1.25.